The van der Waals surface area contributed by atoms with Gasteiger partial charge in [-0.05, 0) is 6.42 Å². The number of carbonyl (C=O) groups is 1. The number of tetrazole rings is 1. The second-order valence-corrected chi connectivity index (χ2v) is 4.29. The number of hydrogen-bond donors (Lipinski definition) is 1. The molecule has 19 heavy (non-hydrogen) atoms. The summed E-state index contributed by atoms with van der Waals surface area (Å²) in [4.78, 5) is 11.7. The normalized spacial score (nSPS) is 10.2. The lowest BCUT2D eigenvalue weighted by Gasteiger charge is -1.98. The molecule has 0 aromatic carbocycles. The van der Waals surface area contributed by atoms with Gasteiger partial charge in [-0.2, -0.15) is 5.21 Å². The van der Waals surface area contributed by atoms with Crippen molar-refractivity contribution in [3.05, 3.63) is 24.5 Å². The third-order valence-corrected chi connectivity index (χ3v) is 2.72. The Bertz CT molecular complexity index is 495. The molecule has 1 N–H and O–H groups in total. The Labute approximate surface area is 121 Å². The SMILES string of the molecule is C[n+]1ccn(CCC(=O)CCCc2nn[nH]n2)c1.[Br-]. The summed E-state index contributed by atoms with van der Waals surface area (Å²) in [6, 6.07) is 0. The number of hydrogen-bond acceptors (Lipinski definition) is 4. The van der Waals surface area contributed by atoms with Crippen molar-refractivity contribution < 1.29 is 26.3 Å². The van der Waals surface area contributed by atoms with Crippen LogP contribution in [-0.4, -0.2) is 31.0 Å². The van der Waals surface area contributed by atoms with Crippen LogP contribution in [0, 0.1) is 0 Å². The van der Waals surface area contributed by atoms with Crippen LogP contribution in [0.4, 0.5) is 0 Å². The van der Waals surface area contributed by atoms with Crippen LogP contribution in [-0.2, 0) is 24.8 Å². The molecule has 0 radical (unpaired) electrons. The van der Waals surface area contributed by atoms with Crippen LogP contribution in [0.25, 0.3) is 0 Å². The molecule has 7 nitrogen and oxygen atoms in total. The highest BCUT2D eigenvalue weighted by molar-refractivity contribution is 5.78. The molecule has 0 aliphatic heterocycles. The molecule has 0 bridgehead atoms. The Morgan fingerprint density at radius 2 is 2.32 bits per heavy atom. The second-order valence-electron chi connectivity index (χ2n) is 4.29. The van der Waals surface area contributed by atoms with Crippen LogP contribution in [0.15, 0.2) is 18.7 Å². The first-order chi connectivity index (χ1) is 8.74. The number of rotatable bonds is 7. The van der Waals surface area contributed by atoms with E-state index in [1.807, 2.05) is 34.9 Å². The monoisotopic (exact) mass is 328 g/mol. The summed E-state index contributed by atoms with van der Waals surface area (Å²) in [6.07, 6.45) is 8.50. The minimum absolute atomic E-state index is 0. The van der Waals surface area contributed by atoms with Gasteiger partial charge in [0.2, 0.25) is 6.33 Å². The van der Waals surface area contributed by atoms with E-state index in [-0.39, 0.29) is 22.8 Å². The van der Waals surface area contributed by atoms with Gasteiger partial charge in [0, 0.05) is 19.3 Å². The molecule has 0 unspecified atom stereocenters. The summed E-state index contributed by atoms with van der Waals surface area (Å²) in [7, 11) is 1.96. The summed E-state index contributed by atoms with van der Waals surface area (Å²) in [5, 5.41) is 13.6. The van der Waals surface area contributed by atoms with Gasteiger partial charge in [0.1, 0.15) is 18.2 Å². The van der Waals surface area contributed by atoms with Crippen LogP contribution in [0.3, 0.4) is 0 Å². The van der Waals surface area contributed by atoms with Crippen molar-refractivity contribution >= 4 is 5.78 Å². The van der Waals surface area contributed by atoms with Crippen LogP contribution < -0.4 is 21.5 Å². The van der Waals surface area contributed by atoms with Crippen LogP contribution in [0.2, 0.25) is 0 Å². The van der Waals surface area contributed by atoms with E-state index in [9.17, 15) is 4.79 Å². The molecule has 2 rings (SSSR count). The zero-order valence-corrected chi connectivity index (χ0v) is 12.4. The Morgan fingerprint density at radius 3 is 2.95 bits per heavy atom. The molecule has 2 aromatic heterocycles. The summed E-state index contributed by atoms with van der Waals surface area (Å²) in [5.74, 6) is 0.940. The average Bonchev–Trinajstić information content (AvgIpc) is 2.98. The number of carbonyl (C=O) groups excluding carboxylic acids is 1. The van der Waals surface area contributed by atoms with Gasteiger partial charge in [-0.1, -0.05) is 5.21 Å². The third-order valence-electron chi connectivity index (χ3n) is 2.72. The maximum absolute atomic E-state index is 11.7. The van der Waals surface area contributed by atoms with Gasteiger partial charge in [-0.15, -0.1) is 10.2 Å². The molecule has 0 aliphatic rings. The Morgan fingerprint density at radius 1 is 1.47 bits per heavy atom. The molecular weight excluding hydrogens is 312 g/mol. The van der Waals surface area contributed by atoms with E-state index in [1.165, 1.54) is 0 Å². The molecule has 0 spiro atoms. The van der Waals surface area contributed by atoms with E-state index >= 15 is 0 Å². The number of aromatic nitrogens is 6. The number of aromatic amines is 1. The van der Waals surface area contributed by atoms with Gasteiger partial charge in [0.25, 0.3) is 0 Å². The lowest BCUT2D eigenvalue weighted by Crippen LogP contribution is -3.00. The first-order valence-electron chi connectivity index (χ1n) is 5.99. The molecule has 0 fully saturated rings. The smallest absolute Gasteiger partial charge is 0.243 e. The number of nitrogens with one attached hydrogen (secondary N) is 1. The highest BCUT2D eigenvalue weighted by Gasteiger charge is 2.07. The number of nitrogens with zero attached hydrogens (tertiary/aromatic N) is 5. The standard InChI is InChI=1S/C11H17N6O.BrH/c1-16-7-8-17(9-16)6-5-10(18)3-2-4-11-12-14-15-13-11;/h7-9H,2-6H2,1H3,(H,12,13,14,15);1H/q+1;/p-1. The number of ketones is 1. The Balaban J connectivity index is 0.00000180. The minimum atomic E-state index is 0. The van der Waals surface area contributed by atoms with Gasteiger partial charge in [-0.25, -0.2) is 9.13 Å². The highest BCUT2D eigenvalue weighted by atomic mass is 79.9. The molecule has 8 heteroatoms. The molecule has 2 heterocycles. The highest BCUT2D eigenvalue weighted by Crippen LogP contribution is 2.01. The molecule has 0 amide bonds. The van der Waals surface area contributed by atoms with E-state index in [0.717, 1.165) is 13.0 Å². The van der Waals surface area contributed by atoms with E-state index < -0.39 is 0 Å². The van der Waals surface area contributed by atoms with Crippen molar-refractivity contribution in [1.82, 2.24) is 25.2 Å². The molecule has 104 valence electrons. The lowest BCUT2D eigenvalue weighted by atomic mass is 10.1. The maximum Gasteiger partial charge on any atom is 0.243 e. The Kier molecular flexibility index (Phi) is 6.34. The summed E-state index contributed by atoms with van der Waals surface area (Å²) in [6.45, 7) is 0.738. The zero-order chi connectivity index (χ0) is 12.8. The lowest BCUT2D eigenvalue weighted by molar-refractivity contribution is -0.671. The van der Waals surface area contributed by atoms with Crippen LogP contribution >= 0.6 is 0 Å². The van der Waals surface area contributed by atoms with Crippen molar-refractivity contribution in [3.8, 4) is 0 Å². The number of Topliss-reactive ketones (excluding diaryl/α,β-unsaturated/α-hetero) is 1. The quantitative estimate of drug-likeness (QED) is 0.543. The first-order valence-corrected chi connectivity index (χ1v) is 5.99. The largest absolute Gasteiger partial charge is 1.00 e. The van der Waals surface area contributed by atoms with E-state index in [2.05, 4.69) is 20.6 Å². The summed E-state index contributed by atoms with van der Waals surface area (Å²) < 4.78 is 3.97. The number of imidazole rings is 1. The van der Waals surface area contributed by atoms with Crippen molar-refractivity contribution in [3.63, 3.8) is 0 Å². The molecule has 2 aromatic rings. The first kappa shape index (κ1) is 15.5. The zero-order valence-electron chi connectivity index (χ0n) is 10.8. The molecular formula is C11H17BrN6O. The Hall–Kier alpha value is -1.57. The molecule has 0 saturated carbocycles. The van der Waals surface area contributed by atoms with E-state index in [4.69, 9.17) is 0 Å². The number of halogens is 1. The van der Waals surface area contributed by atoms with Gasteiger partial charge in [0.15, 0.2) is 5.82 Å². The molecule has 0 aliphatic carbocycles. The third kappa shape index (κ3) is 5.29. The fourth-order valence-corrected chi connectivity index (χ4v) is 1.74. The van der Waals surface area contributed by atoms with Crippen molar-refractivity contribution in [2.24, 2.45) is 7.05 Å². The summed E-state index contributed by atoms with van der Waals surface area (Å²) in [5.41, 5.74) is 0. The van der Waals surface area contributed by atoms with E-state index in [0.29, 0.717) is 25.1 Å². The van der Waals surface area contributed by atoms with Crippen LogP contribution in [0.5, 0.6) is 0 Å². The van der Waals surface area contributed by atoms with Crippen molar-refractivity contribution in [2.75, 3.05) is 0 Å². The molecule has 0 saturated heterocycles. The van der Waals surface area contributed by atoms with Gasteiger partial charge < -0.3 is 17.0 Å². The molecule has 0 atom stereocenters. The van der Waals surface area contributed by atoms with Gasteiger partial charge in [0.05, 0.1) is 13.6 Å². The van der Waals surface area contributed by atoms with Crippen molar-refractivity contribution in [2.45, 2.75) is 32.2 Å². The topological polar surface area (TPSA) is 80.3 Å². The fraction of sp³-hybridized carbons (Fsp3) is 0.545. The number of H-pyrrole nitrogens is 1. The predicted molar refractivity (Wildman–Crippen MR) is 62.3 cm³/mol. The van der Waals surface area contributed by atoms with E-state index in [1.54, 1.807) is 0 Å². The number of aryl methyl sites for hydroxylation is 3. The summed E-state index contributed by atoms with van der Waals surface area (Å²) >= 11 is 0. The van der Waals surface area contributed by atoms with Crippen LogP contribution in [0.1, 0.15) is 25.1 Å². The predicted octanol–water partition coefficient (Wildman–Crippen LogP) is -3.19. The fourth-order valence-electron chi connectivity index (χ4n) is 1.74. The van der Waals surface area contributed by atoms with Gasteiger partial charge in [-0.3, -0.25) is 4.79 Å². The maximum atomic E-state index is 11.7. The second kappa shape index (κ2) is 7.78. The van der Waals surface area contributed by atoms with Crippen molar-refractivity contribution in [1.29, 1.82) is 0 Å². The van der Waals surface area contributed by atoms with Gasteiger partial charge >= 0.3 is 0 Å². The average molecular weight is 329 g/mol. The minimum Gasteiger partial charge on any atom is -1.00 e.